The monoisotopic (exact) mass is 226 g/mol. The molecule has 4 atom stereocenters. The van der Waals surface area contributed by atoms with E-state index >= 15 is 0 Å². The Labute approximate surface area is 93.5 Å². The van der Waals surface area contributed by atoms with Gasteiger partial charge in [0.05, 0.1) is 6.61 Å². The van der Waals surface area contributed by atoms with Crippen LogP contribution < -0.4 is 4.57 Å². The minimum atomic E-state index is -1.05. The average Bonchev–Trinajstić information content (AvgIpc) is 2.56. The van der Waals surface area contributed by atoms with Crippen molar-refractivity contribution in [3.8, 4) is 0 Å². The fourth-order valence-corrected chi connectivity index (χ4v) is 1.90. The Morgan fingerprint density at radius 2 is 2.12 bits per heavy atom. The molecule has 0 aliphatic carbocycles. The third-order valence-corrected chi connectivity index (χ3v) is 2.78. The minimum absolute atomic E-state index is 0.304. The third-order valence-electron chi connectivity index (χ3n) is 2.78. The highest BCUT2D eigenvalue weighted by atomic mass is 16.6. The first-order chi connectivity index (χ1) is 7.63. The molecule has 88 valence electrons. The number of hydrogen-bond donors (Lipinski definition) is 3. The maximum Gasteiger partial charge on any atom is 0.292 e. The summed E-state index contributed by atoms with van der Waals surface area (Å²) in [4.78, 5) is 0. The average molecular weight is 226 g/mol. The van der Waals surface area contributed by atoms with Crippen LogP contribution in [0.2, 0.25) is 0 Å². The molecule has 3 N–H and O–H groups in total. The number of pyridine rings is 1. The van der Waals surface area contributed by atoms with Gasteiger partial charge in [-0.1, -0.05) is 0 Å². The van der Waals surface area contributed by atoms with Crippen molar-refractivity contribution in [2.45, 2.75) is 31.5 Å². The number of rotatable bonds is 2. The molecular formula is C11H16NO4+. The van der Waals surface area contributed by atoms with Crippen LogP contribution in [0.4, 0.5) is 0 Å². The van der Waals surface area contributed by atoms with E-state index in [2.05, 4.69) is 0 Å². The molecule has 5 nitrogen and oxygen atoms in total. The molecule has 2 heterocycles. The zero-order chi connectivity index (χ0) is 11.7. The van der Waals surface area contributed by atoms with Gasteiger partial charge in [0, 0.05) is 11.6 Å². The molecule has 0 spiro atoms. The van der Waals surface area contributed by atoms with Crippen LogP contribution in [0.25, 0.3) is 0 Å². The van der Waals surface area contributed by atoms with Gasteiger partial charge in [0.1, 0.15) is 12.2 Å². The molecule has 5 heteroatoms. The highest BCUT2D eigenvalue weighted by Gasteiger charge is 2.47. The van der Waals surface area contributed by atoms with Crippen molar-refractivity contribution in [2.75, 3.05) is 6.61 Å². The Morgan fingerprint density at radius 1 is 1.38 bits per heavy atom. The molecule has 0 saturated carbocycles. The number of aromatic nitrogens is 1. The summed E-state index contributed by atoms with van der Waals surface area (Å²) in [5.41, 5.74) is 1.03. The quantitative estimate of drug-likeness (QED) is 0.559. The Bertz CT molecular complexity index is 371. The molecule has 2 rings (SSSR count). The van der Waals surface area contributed by atoms with Crippen LogP contribution in [-0.2, 0) is 4.74 Å². The van der Waals surface area contributed by atoms with Gasteiger partial charge in [-0.3, -0.25) is 0 Å². The fraction of sp³-hybridized carbons (Fsp3) is 0.545. The van der Waals surface area contributed by atoms with Gasteiger partial charge < -0.3 is 20.1 Å². The summed E-state index contributed by atoms with van der Waals surface area (Å²) in [7, 11) is 0. The van der Waals surface area contributed by atoms with Crippen molar-refractivity contribution in [1.82, 2.24) is 0 Å². The summed E-state index contributed by atoms with van der Waals surface area (Å²) in [6, 6.07) is 3.77. The van der Waals surface area contributed by atoms with Crippen molar-refractivity contribution >= 4 is 0 Å². The van der Waals surface area contributed by atoms with Crippen molar-refractivity contribution in [3.05, 3.63) is 30.1 Å². The van der Waals surface area contributed by atoms with E-state index in [0.717, 1.165) is 5.56 Å². The molecule has 0 radical (unpaired) electrons. The van der Waals surface area contributed by atoms with Crippen LogP contribution in [-0.4, -0.2) is 40.2 Å². The van der Waals surface area contributed by atoms with Crippen molar-refractivity contribution < 1.29 is 24.6 Å². The van der Waals surface area contributed by atoms with E-state index in [0.29, 0.717) is 0 Å². The highest BCUT2D eigenvalue weighted by Crippen LogP contribution is 2.24. The first kappa shape index (κ1) is 11.5. The van der Waals surface area contributed by atoms with Crippen LogP contribution in [0.3, 0.4) is 0 Å². The molecule has 1 saturated heterocycles. The third kappa shape index (κ3) is 1.94. The number of hydrogen-bond acceptors (Lipinski definition) is 4. The van der Waals surface area contributed by atoms with Crippen LogP contribution in [0.5, 0.6) is 0 Å². The van der Waals surface area contributed by atoms with Crippen LogP contribution >= 0.6 is 0 Å². The summed E-state index contributed by atoms with van der Waals surface area (Å²) in [5.74, 6) is 0. The Kier molecular flexibility index (Phi) is 3.20. The molecule has 16 heavy (non-hydrogen) atoms. The van der Waals surface area contributed by atoms with Gasteiger partial charge in [0.25, 0.3) is 6.23 Å². The fourth-order valence-electron chi connectivity index (χ4n) is 1.90. The summed E-state index contributed by atoms with van der Waals surface area (Å²) < 4.78 is 7.08. The second-order valence-corrected chi connectivity index (χ2v) is 4.06. The summed E-state index contributed by atoms with van der Waals surface area (Å²) in [6.07, 6.45) is 0.125. The van der Waals surface area contributed by atoms with E-state index < -0.39 is 24.5 Å². The first-order valence-electron chi connectivity index (χ1n) is 5.23. The minimum Gasteiger partial charge on any atom is -0.394 e. The Hall–Kier alpha value is -1.01. The van der Waals surface area contributed by atoms with E-state index in [-0.39, 0.29) is 6.61 Å². The van der Waals surface area contributed by atoms with Crippen molar-refractivity contribution in [3.63, 3.8) is 0 Å². The van der Waals surface area contributed by atoms with Crippen LogP contribution in [0, 0.1) is 6.92 Å². The van der Waals surface area contributed by atoms with Gasteiger partial charge in [-0.05, 0) is 13.0 Å². The number of aliphatic hydroxyl groups excluding tert-OH is 3. The highest BCUT2D eigenvalue weighted by molar-refractivity contribution is 5.01. The van der Waals surface area contributed by atoms with Gasteiger partial charge in [-0.2, -0.15) is 4.57 Å². The second kappa shape index (κ2) is 4.47. The lowest BCUT2D eigenvalue weighted by atomic mass is 10.1. The molecule has 1 aromatic rings. The van der Waals surface area contributed by atoms with Gasteiger partial charge in [-0.25, -0.2) is 0 Å². The first-order valence-corrected chi connectivity index (χ1v) is 5.23. The predicted octanol–water partition coefficient (Wildman–Crippen LogP) is -1.11. The summed E-state index contributed by atoms with van der Waals surface area (Å²) >= 11 is 0. The molecule has 0 bridgehead atoms. The molecule has 0 aromatic carbocycles. The maximum atomic E-state index is 9.80. The Balaban J connectivity index is 2.23. The summed E-state index contributed by atoms with van der Waals surface area (Å²) in [5, 5.41) is 28.4. The zero-order valence-corrected chi connectivity index (χ0v) is 9.02. The lowest BCUT2D eigenvalue weighted by Gasteiger charge is -2.09. The molecule has 1 aromatic heterocycles. The van der Waals surface area contributed by atoms with Crippen molar-refractivity contribution in [2.24, 2.45) is 0 Å². The number of ether oxygens (including phenoxy) is 1. The molecule has 1 aliphatic heterocycles. The van der Waals surface area contributed by atoms with E-state index in [9.17, 15) is 10.2 Å². The molecular weight excluding hydrogens is 210 g/mol. The number of aliphatic hydroxyl groups is 3. The van der Waals surface area contributed by atoms with E-state index in [1.54, 1.807) is 10.8 Å². The Morgan fingerprint density at radius 3 is 2.69 bits per heavy atom. The van der Waals surface area contributed by atoms with Gasteiger partial charge >= 0.3 is 0 Å². The van der Waals surface area contributed by atoms with Crippen LogP contribution in [0.15, 0.2) is 24.5 Å². The van der Waals surface area contributed by atoms with E-state index in [1.165, 1.54) is 0 Å². The lowest BCUT2D eigenvalue weighted by molar-refractivity contribution is -0.766. The standard InChI is InChI=1S/C11H16NO4/c1-7-3-2-4-12(5-7)11-10(15)9(14)8(6-13)16-11/h2-5,8-11,13-15H,6H2,1H3/q+1. The maximum absolute atomic E-state index is 9.80. The van der Waals surface area contributed by atoms with Gasteiger partial charge in [-0.15, -0.1) is 0 Å². The number of nitrogens with zero attached hydrogens (tertiary/aromatic N) is 1. The molecule has 1 fully saturated rings. The summed E-state index contributed by atoms with van der Waals surface area (Å²) in [6.45, 7) is 1.62. The molecule has 1 aliphatic rings. The van der Waals surface area contributed by atoms with Crippen LogP contribution in [0.1, 0.15) is 11.8 Å². The van der Waals surface area contributed by atoms with Gasteiger partial charge in [0.15, 0.2) is 18.5 Å². The van der Waals surface area contributed by atoms with Gasteiger partial charge in [0.2, 0.25) is 0 Å². The smallest absolute Gasteiger partial charge is 0.292 e. The zero-order valence-electron chi connectivity index (χ0n) is 9.02. The topological polar surface area (TPSA) is 73.8 Å². The van der Waals surface area contributed by atoms with E-state index in [1.807, 2.05) is 25.3 Å². The predicted molar refractivity (Wildman–Crippen MR) is 54.4 cm³/mol. The SMILES string of the molecule is Cc1ccc[n+](C2OC(CO)C(O)C2O)c1. The van der Waals surface area contributed by atoms with Crippen molar-refractivity contribution in [1.29, 1.82) is 0 Å². The number of aryl methyl sites for hydroxylation is 1. The second-order valence-electron chi connectivity index (χ2n) is 4.06. The van der Waals surface area contributed by atoms with E-state index in [4.69, 9.17) is 9.84 Å². The molecule has 4 unspecified atom stereocenters. The largest absolute Gasteiger partial charge is 0.394 e. The lowest BCUT2D eigenvalue weighted by Crippen LogP contribution is -2.45. The molecule has 0 amide bonds. The normalized spacial score (nSPS) is 34.2.